The van der Waals surface area contributed by atoms with Crippen LogP contribution in [0.2, 0.25) is 0 Å². The van der Waals surface area contributed by atoms with Crippen LogP contribution >= 0.6 is 0 Å². The van der Waals surface area contributed by atoms with Gasteiger partial charge < -0.3 is 5.11 Å². The van der Waals surface area contributed by atoms with Gasteiger partial charge in [-0.2, -0.15) is 0 Å². The van der Waals surface area contributed by atoms with Gasteiger partial charge in [0.15, 0.2) is 0 Å². The van der Waals surface area contributed by atoms with Crippen LogP contribution in [0.1, 0.15) is 92.9 Å². The maximum Gasteiger partial charge on any atom is 0.0628 e. The predicted octanol–water partition coefficient (Wildman–Crippen LogP) is 6.92. The Labute approximate surface area is 167 Å². The predicted molar refractivity (Wildman–Crippen MR) is 114 cm³/mol. The van der Waals surface area contributed by atoms with Gasteiger partial charge in [0.05, 0.1) is 6.10 Å². The molecule has 3 fully saturated rings. The minimum absolute atomic E-state index is 0.0797. The molecule has 27 heavy (non-hydrogen) atoms. The maximum absolute atomic E-state index is 10.7. The van der Waals surface area contributed by atoms with Gasteiger partial charge in [0.2, 0.25) is 0 Å². The van der Waals surface area contributed by atoms with E-state index in [1.807, 2.05) is 0 Å². The lowest BCUT2D eigenvalue weighted by Gasteiger charge is -2.58. The van der Waals surface area contributed by atoms with Crippen LogP contribution in [-0.4, -0.2) is 11.2 Å². The highest BCUT2D eigenvalue weighted by Gasteiger charge is 2.59. The molecule has 1 N–H and O–H groups in total. The molecule has 0 aliphatic heterocycles. The molecule has 0 amide bonds. The third kappa shape index (κ3) is 2.66. The summed E-state index contributed by atoms with van der Waals surface area (Å²) in [5.74, 6) is 3.29. The van der Waals surface area contributed by atoms with Gasteiger partial charge in [-0.05, 0) is 73.0 Å². The Hall–Kier alpha value is -0.560. The van der Waals surface area contributed by atoms with E-state index in [2.05, 4.69) is 53.7 Å². The minimum Gasteiger partial charge on any atom is -0.392 e. The van der Waals surface area contributed by atoms with Crippen LogP contribution in [0.3, 0.4) is 0 Å². The molecule has 1 nitrogen and oxygen atoms in total. The first-order valence-corrected chi connectivity index (χ1v) is 11.8. The van der Waals surface area contributed by atoms with E-state index in [1.165, 1.54) is 44.1 Å². The van der Waals surface area contributed by atoms with Crippen LogP contribution in [0.5, 0.6) is 0 Å². The molecule has 0 aromatic rings. The molecule has 0 radical (unpaired) electrons. The Bertz CT molecular complexity index is 655. The van der Waals surface area contributed by atoms with E-state index in [4.69, 9.17) is 0 Å². The van der Waals surface area contributed by atoms with Crippen LogP contribution in [0, 0.1) is 39.9 Å². The van der Waals surface area contributed by atoms with Crippen LogP contribution in [-0.2, 0) is 0 Å². The molecule has 0 bridgehead atoms. The number of hydrogen-bond donors (Lipinski definition) is 1. The fourth-order valence-electron chi connectivity index (χ4n) is 8.34. The third-order valence-corrected chi connectivity index (χ3v) is 9.91. The number of rotatable bonds is 3. The number of fused-ring (bicyclic) bond motifs is 5. The first-order chi connectivity index (χ1) is 12.7. The van der Waals surface area contributed by atoms with Crippen molar-refractivity contribution in [1.82, 2.24) is 0 Å². The van der Waals surface area contributed by atoms with Gasteiger partial charge >= 0.3 is 0 Å². The summed E-state index contributed by atoms with van der Waals surface area (Å²) in [6.45, 7) is 14.6. The van der Waals surface area contributed by atoms with Gasteiger partial charge in [-0.15, -0.1) is 0 Å². The first kappa shape index (κ1) is 19.7. The fraction of sp³-hybridized carbons (Fsp3) is 0.846. The summed E-state index contributed by atoms with van der Waals surface area (Å²) in [4.78, 5) is 0. The number of aliphatic hydroxyl groups excluding tert-OH is 1. The Balaban J connectivity index is 1.70. The van der Waals surface area contributed by atoms with Crippen molar-refractivity contribution in [2.24, 2.45) is 39.9 Å². The van der Waals surface area contributed by atoms with E-state index < -0.39 is 0 Å². The van der Waals surface area contributed by atoms with Gasteiger partial charge in [-0.1, -0.05) is 77.7 Å². The maximum atomic E-state index is 10.7. The molecule has 0 spiro atoms. The molecular formula is C26H42O. The largest absolute Gasteiger partial charge is 0.392 e. The molecular weight excluding hydrogens is 328 g/mol. The average molecular weight is 371 g/mol. The molecule has 3 saturated carbocycles. The van der Waals surface area contributed by atoms with Crippen molar-refractivity contribution in [3.8, 4) is 0 Å². The zero-order chi connectivity index (χ0) is 19.6. The van der Waals surface area contributed by atoms with Crippen LogP contribution in [0.25, 0.3) is 0 Å². The Kier molecular flexibility index (Phi) is 4.74. The van der Waals surface area contributed by atoms with E-state index in [-0.39, 0.29) is 16.9 Å². The van der Waals surface area contributed by atoms with E-state index in [1.54, 1.807) is 5.57 Å². The molecule has 0 unspecified atom stereocenters. The smallest absolute Gasteiger partial charge is 0.0628 e. The summed E-state index contributed by atoms with van der Waals surface area (Å²) in [6, 6.07) is 0. The summed E-state index contributed by atoms with van der Waals surface area (Å²) >= 11 is 0. The normalized spacial score (nSPS) is 46.6. The lowest BCUT2D eigenvalue weighted by Crippen LogP contribution is -2.51. The lowest BCUT2D eigenvalue weighted by atomic mass is 9.47. The highest BCUT2D eigenvalue weighted by molar-refractivity contribution is 5.41. The SMILES string of the molecule is CCC[C@@H](C)[C@H]1CC[C@H]2C3=CC=C4C(C)(C)[C@@H](O)CC[C@]4(C)[C@H]3CC[C@]12C. The number of allylic oxidation sites excluding steroid dienone is 3. The monoisotopic (exact) mass is 370 g/mol. The van der Waals surface area contributed by atoms with E-state index in [9.17, 15) is 5.11 Å². The molecule has 4 aliphatic rings. The third-order valence-electron chi connectivity index (χ3n) is 9.91. The first-order valence-electron chi connectivity index (χ1n) is 11.8. The minimum atomic E-state index is -0.189. The second-order valence-corrected chi connectivity index (χ2v) is 11.5. The van der Waals surface area contributed by atoms with Crippen LogP contribution in [0.4, 0.5) is 0 Å². The molecule has 0 saturated heterocycles. The van der Waals surface area contributed by atoms with Crippen molar-refractivity contribution in [1.29, 1.82) is 0 Å². The van der Waals surface area contributed by atoms with Crippen LogP contribution < -0.4 is 0 Å². The number of aliphatic hydroxyl groups is 1. The number of hydrogen-bond acceptors (Lipinski definition) is 1. The lowest BCUT2D eigenvalue weighted by molar-refractivity contribution is -0.0172. The van der Waals surface area contributed by atoms with Crippen molar-refractivity contribution in [3.05, 3.63) is 23.3 Å². The zero-order valence-electron chi connectivity index (χ0n) is 18.6. The molecule has 0 aromatic carbocycles. The highest BCUT2D eigenvalue weighted by Crippen LogP contribution is 2.67. The average Bonchev–Trinajstić information content (AvgIpc) is 2.96. The van der Waals surface area contributed by atoms with E-state index in [0.29, 0.717) is 11.3 Å². The van der Waals surface area contributed by atoms with Gasteiger partial charge in [0.25, 0.3) is 0 Å². The van der Waals surface area contributed by atoms with E-state index >= 15 is 0 Å². The van der Waals surface area contributed by atoms with Gasteiger partial charge in [-0.3, -0.25) is 0 Å². The van der Waals surface area contributed by atoms with Crippen LogP contribution in [0.15, 0.2) is 23.3 Å². The Morgan fingerprint density at radius 1 is 1.00 bits per heavy atom. The van der Waals surface area contributed by atoms with Crippen molar-refractivity contribution < 1.29 is 5.11 Å². The fourth-order valence-corrected chi connectivity index (χ4v) is 8.34. The summed E-state index contributed by atoms with van der Waals surface area (Å²) < 4.78 is 0. The highest BCUT2D eigenvalue weighted by atomic mass is 16.3. The topological polar surface area (TPSA) is 20.2 Å². The summed E-state index contributed by atoms with van der Waals surface area (Å²) in [6.07, 6.45) is 15.2. The Morgan fingerprint density at radius 2 is 1.74 bits per heavy atom. The second-order valence-electron chi connectivity index (χ2n) is 11.5. The van der Waals surface area contributed by atoms with Gasteiger partial charge in [0.1, 0.15) is 0 Å². The zero-order valence-corrected chi connectivity index (χ0v) is 18.6. The second kappa shape index (κ2) is 6.48. The summed E-state index contributed by atoms with van der Waals surface area (Å²) in [5, 5.41) is 10.7. The van der Waals surface area contributed by atoms with Crippen molar-refractivity contribution >= 4 is 0 Å². The molecule has 0 heterocycles. The van der Waals surface area contributed by atoms with Crippen molar-refractivity contribution in [2.75, 3.05) is 0 Å². The molecule has 152 valence electrons. The molecule has 4 aliphatic carbocycles. The van der Waals surface area contributed by atoms with Crippen molar-refractivity contribution in [3.63, 3.8) is 0 Å². The van der Waals surface area contributed by atoms with Crippen molar-refractivity contribution in [2.45, 2.75) is 99.0 Å². The summed E-state index contributed by atoms with van der Waals surface area (Å²) in [5.41, 5.74) is 4.01. The summed E-state index contributed by atoms with van der Waals surface area (Å²) in [7, 11) is 0. The Morgan fingerprint density at radius 3 is 2.44 bits per heavy atom. The standard InChI is InChI=1S/C26H42O/c1-7-8-17(2)19-10-11-20-18-9-12-22-24(3,4)23(27)14-16-26(22,6)21(18)13-15-25(19,20)5/h9,12,17,19-21,23,27H,7-8,10-11,13-16H2,1-6H3/t17-,19-,20+,21+,23+,25-,26-/m1/s1. The molecule has 7 atom stereocenters. The molecule has 4 rings (SSSR count). The van der Waals surface area contributed by atoms with Gasteiger partial charge in [0, 0.05) is 5.41 Å². The van der Waals surface area contributed by atoms with Gasteiger partial charge in [-0.25, -0.2) is 0 Å². The molecule has 0 aromatic heterocycles. The quantitative estimate of drug-likeness (QED) is 0.571. The van der Waals surface area contributed by atoms with E-state index in [0.717, 1.165) is 30.6 Å². The molecule has 1 heteroatoms.